The van der Waals surface area contributed by atoms with E-state index in [2.05, 4.69) is 14.7 Å². The van der Waals surface area contributed by atoms with Crippen LogP contribution < -0.4 is 0 Å². The summed E-state index contributed by atoms with van der Waals surface area (Å²) in [4.78, 5) is 14.0. The molecule has 5 nitrogen and oxygen atoms in total. The normalized spacial score (nSPS) is 15.2. The van der Waals surface area contributed by atoms with E-state index in [1.54, 1.807) is 0 Å². The molecule has 0 spiro atoms. The van der Waals surface area contributed by atoms with Crippen molar-refractivity contribution in [3.63, 3.8) is 0 Å². The van der Waals surface area contributed by atoms with Gasteiger partial charge < -0.3 is 9.47 Å². The van der Waals surface area contributed by atoms with Gasteiger partial charge in [-0.2, -0.15) is 13.2 Å². The lowest BCUT2D eigenvalue weighted by molar-refractivity contribution is -0.148. The van der Waals surface area contributed by atoms with E-state index in [4.69, 9.17) is 0 Å². The zero-order chi connectivity index (χ0) is 22.1. The highest BCUT2D eigenvalue weighted by Gasteiger charge is 2.39. The topological polar surface area (TPSA) is 51.0 Å². The van der Waals surface area contributed by atoms with Crippen molar-refractivity contribution in [2.45, 2.75) is 45.5 Å². The summed E-state index contributed by atoms with van der Waals surface area (Å²) in [6.45, 7) is 1.90. The van der Waals surface area contributed by atoms with Crippen LogP contribution >= 0.6 is 20.7 Å². The molecule has 3 rings (SSSR count). The monoisotopic (exact) mass is 542 g/mol. The molecule has 11 heteroatoms. The molecule has 2 aromatic rings. The van der Waals surface area contributed by atoms with E-state index in [1.807, 2.05) is 6.92 Å². The Morgan fingerprint density at radius 1 is 1.23 bits per heavy atom. The number of fused-ring (bicyclic) bond motifs is 1. The molecule has 0 bridgehead atoms. The molecule has 0 N–H and O–H groups in total. The van der Waals surface area contributed by atoms with Crippen LogP contribution in [0.2, 0.25) is 0 Å². The van der Waals surface area contributed by atoms with Crippen molar-refractivity contribution in [2.75, 3.05) is 6.54 Å². The smallest absolute Gasteiger partial charge is 0.333 e. The zero-order valence-electron chi connectivity index (χ0n) is 16.1. The van der Waals surface area contributed by atoms with Crippen molar-refractivity contribution in [3.8, 4) is 0 Å². The van der Waals surface area contributed by atoms with Crippen LogP contribution in [0.1, 0.15) is 37.0 Å². The van der Waals surface area contributed by atoms with Crippen molar-refractivity contribution in [1.29, 1.82) is 0 Å². The Kier molecular flexibility index (Phi) is 6.88. The van der Waals surface area contributed by atoms with Crippen LogP contribution in [0, 0.1) is 21.1 Å². The van der Waals surface area contributed by atoms with Crippen molar-refractivity contribution >= 4 is 31.2 Å². The average molecular weight is 542 g/mol. The van der Waals surface area contributed by atoms with E-state index >= 15 is 0 Å². The minimum Gasteiger partial charge on any atom is -0.333 e. The van der Waals surface area contributed by atoms with Gasteiger partial charge in [-0.1, -0.05) is 32.2 Å². The predicted octanol–water partition coefficient (Wildman–Crippen LogP) is 4.15. The van der Waals surface area contributed by atoms with Crippen LogP contribution in [0.3, 0.4) is 0 Å². The van der Waals surface area contributed by atoms with E-state index < -0.39 is 44.4 Å². The number of nitrogens with zero attached hydrogens (tertiary/aromatic N) is 4. The van der Waals surface area contributed by atoms with Crippen molar-refractivity contribution in [2.24, 2.45) is 5.92 Å². The molecule has 0 saturated heterocycles. The Bertz CT molecular complexity index is 959. The molecule has 0 radical (unpaired) electrons. The quantitative estimate of drug-likeness (QED) is 0.313. The lowest BCUT2D eigenvalue weighted by Crippen LogP contribution is -2.39. The molecule has 30 heavy (non-hydrogen) atoms. The summed E-state index contributed by atoms with van der Waals surface area (Å²) < 4.78 is 71.7. The molecule has 1 aromatic carbocycles. The number of rotatable bonds is 6. The lowest BCUT2D eigenvalue weighted by Gasteiger charge is -2.29. The molecule has 0 saturated carbocycles. The number of benzene rings is 1. The maximum Gasteiger partial charge on any atom is 0.451 e. The third-order valence-corrected chi connectivity index (χ3v) is 6.67. The van der Waals surface area contributed by atoms with Crippen LogP contribution in [0.25, 0.3) is 0 Å². The van der Waals surface area contributed by atoms with Crippen LogP contribution in [0.5, 0.6) is 0 Å². The Balaban J connectivity index is 1.56. The van der Waals surface area contributed by atoms with Gasteiger partial charge in [-0.3, -0.25) is 4.79 Å². The van der Waals surface area contributed by atoms with Crippen molar-refractivity contribution in [1.82, 2.24) is 19.7 Å². The van der Waals surface area contributed by atoms with Gasteiger partial charge in [0.25, 0.3) is 0 Å². The molecule has 0 fully saturated rings. The number of hydrogen-bond donors (Lipinski definition) is 0. The Hall–Kier alpha value is -1.92. The summed E-state index contributed by atoms with van der Waals surface area (Å²) in [5, 5.41) is 6.76. The number of carbonyl (C=O) groups is 1. The summed E-state index contributed by atoms with van der Waals surface area (Å²) in [5.74, 6) is -2.20. The third-order valence-electron chi connectivity index (χ3n) is 5.02. The van der Waals surface area contributed by atoms with Gasteiger partial charge in [0.15, 0.2) is 5.82 Å². The fourth-order valence-corrected chi connectivity index (χ4v) is 4.38. The van der Waals surface area contributed by atoms with E-state index in [9.17, 15) is 26.7 Å². The van der Waals surface area contributed by atoms with Gasteiger partial charge in [-0.05, 0) is 36.5 Å². The Morgan fingerprint density at radius 3 is 2.63 bits per heavy atom. The highest BCUT2D eigenvalue weighted by atomic mass is 127. The average Bonchev–Trinajstić information content (AvgIpc) is 3.11. The first kappa shape index (κ1) is 22.8. The van der Waals surface area contributed by atoms with E-state index in [0.717, 1.165) is 4.57 Å². The molecule has 1 atom stereocenters. The third kappa shape index (κ3) is 5.03. The van der Waals surface area contributed by atoms with Gasteiger partial charge in [0.2, 0.25) is 11.7 Å². The first-order valence-electron chi connectivity index (χ1n) is 9.23. The number of halogens is 6. The van der Waals surface area contributed by atoms with Gasteiger partial charge in [0.1, 0.15) is 11.6 Å². The Morgan fingerprint density at radius 2 is 1.97 bits per heavy atom. The minimum atomic E-state index is -4.59. The van der Waals surface area contributed by atoms with Crippen LogP contribution in [-0.4, -0.2) is 36.6 Å². The summed E-state index contributed by atoms with van der Waals surface area (Å²) in [6, 6.07) is 2.39. The predicted molar refractivity (Wildman–Crippen MR) is 109 cm³/mol. The molecule has 2 heterocycles. The minimum absolute atomic E-state index is 0.0248. The number of aromatic nitrogens is 3. The highest BCUT2D eigenvalue weighted by Crippen LogP contribution is 2.29. The first-order valence-corrected chi connectivity index (χ1v) is 11.8. The fourth-order valence-electron chi connectivity index (χ4n) is 3.37. The highest BCUT2D eigenvalue weighted by molar-refractivity contribution is 14.2. The van der Waals surface area contributed by atoms with Gasteiger partial charge in [-0.25, -0.2) is 8.78 Å². The van der Waals surface area contributed by atoms with Crippen molar-refractivity contribution < 1.29 is 26.7 Å². The molecule has 164 valence electrons. The molecule has 1 aliphatic heterocycles. The fraction of sp³-hybridized carbons (Fsp3) is 0.474. The van der Waals surface area contributed by atoms with Crippen LogP contribution in [0.15, 0.2) is 12.1 Å². The molecule has 1 amide bonds. The second-order valence-corrected chi connectivity index (χ2v) is 9.17. The number of aryl methyl sites for hydroxylation is 1. The molecule has 1 aromatic heterocycles. The number of hydrogen-bond acceptors (Lipinski definition) is 3. The molecule has 0 unspecified atom stereocenters. The van der Waals surface area contributed by atoms with E-state index in [1.165, 1.54) is 17.0 Å². The second kappa shape index (κ2) is 9.06. The zero-order valence-corrected chi connectivity index (χ0v) is 18.3. The number of alkyl halides is 3. The first-order chi connectivity index (χ1) is 14.1. The second-order valence-electron chi connectivity index (χ2n) is 7.24. The SMILES string of the molecule is C=Ic1cc(F)c(CC[C@@H](C)CC(=O)N2CCn3c(nnc3C(F)(F)F)C2)cc1F. The number of amides is 1. The molecule has 0 aliphatic carbocycles. The molecular weight excluding hydrogens is 522 g/mol. The maximum atomic E-state index is 14.1. The standard InChI is InChI=1S/C19H20F5IN4O/c1-11(3-4-12-8-14(21)15(25-2)9-13(12)20)7-17(30)28-5-6-29-16(10-28)26-27-18(29)19(22,23)24/h8-9,11H,2-7,10H2,1H3/t11-/m1/s1. The number of carbonyl (C=O) groups excluding carboxylic acids is 1. The summed E-state index contributed by atoms with van der Waals surface area (Å²) in [6.07, 6.45) is -3.67. The van der Waals surface area contributed by atoms with Crippen molar-refractivity contribution in [3.05, 3.63) is 44.5 Å². The summed E-state index contributed by atoms with van der Waals surface area (Å²) >= 11 is -0.797. The summed E-state index contributed by atoms with van der Waals surface area (Å²) in [7, 11) is 0. The van der Waals surface area contributed by atoms with Gasteiger partial charge in [0, 0.05) is 23.1 Å². The van der Waals surface area contributed by atoms with E-state index in [0.29, 0.717) is 9.99 Å². The molecular formula is C19H20F5IN4O. The lowest BCUT2D eigenvalue weighted by atomic mass is 9.97. The van der Waals surface area contributed by atoms with Crippen LogP contribution in [-0.2, 0) is 30.5 Å². The largest absolute Gasteiger partial charge is 0.451 e. The Labute approximate surface area is 180 Å². The molecule has 1 aliphatic rings. The van der Waals surface area contributed by atoms with E-state index in [-0.39, 0.29) is 55.7 Å². The van der Waals surface area contributed by atoms with Gasteiger partial charge >= 0.3 is 6.18 Å². The maximum absolute atomic E-state index is 14.1. The van der Waals surface area contributed by atoms with Gasteiger partial charge in [-0.15, -0.1) is 10.2 Å². The van der Waals surface area contributed by atoms with Gasteiger partial charge in [0.05, 0.1) is 6.54 Å². The summed E-state index contributed by atoms with van der Waals surface area (Å²) in [5.41, 5.74) is 0.263. The van der Waals surface area contributed by atoms with Crippen LogP contribution in [0.4, 0.5) is 22.0 Å².